The van der Waals surface area contributed by atoms with Crippen LogP contribution >= 0.6 is 31.9 Å². The van der Waals surface area contributed by atoms with E-state index in [1.807, 2.05) is 62.3 Å². The first-order chi connectivity index (χ1) is 32.1. The molecule has 10 nitrogen and oxygen atoms in total. The van der Waals surface area contributed by atoms with E-state index in [0.29, 0.717) is 54.0 Å². The second kappa shape index (κ2) is 28.1. The number of ether oxygens (including phenoxy) is 4. The number of anilines is 4. The summed E-state index contributed by atoms with van der Waals surface area (Å²) in [5.41, 5.74) is 29.7. The number of hydrogen-bond acceptors (Lipinski definition) is 10. The normalized spacial score (nSPS) is 13.3. The van der Waals surface area contributed by atoms with Crippen LogP contribution in [0.4, 0.5) is 57.9 Å². The molecule has 0 atom stereocenters. The summed E-state index contributed by atoms with van der Waals surface area (Å²) < 4.78 is 125. The molecule has 8 N–H and O–H groups in total. The van der Waals surface area contributed by atoms with Crippen LogP contribution in [0, 0.1) is 0 Å². The first-order valence-electron chi connectivity index (χ1n) is 21.2. The van der Waals surface area contributed by atoms with Crippen molar-refractivity contribution in [2.24, 2.45) is 0 Å². The predicted molar refractivity (Wildman–Crippen MR) is 274 cm³/mol. The van der Waals surface area contributed by atoms with E-state index < -0.39 is 26.4 Å². The van der Waals surface area contributed by atoms with Crippen molar-refractivity contribution < 1.29 is 63.4 Å². The Morgan fingerprint density at radius 1 is 0.514 bits per heavy atom. The van der Waals surface area contributed by atoms with Gasteiger partial charge < -0.3 is 51.2 Å². The molecule has 1 fully saturated rings. The fourth-order valence-electron chi connectivity index (χ4n) is 5.73. The predicted octanol–water partition coefficient (Wildman–Crippen LogP) is 15.5. The second-order valence-electron chi connectivity index (χ2n) is 17.1. The van der Waals surface area contributed by atoms with Gasteiger partial charge in [-0.25, -0.2) is 0 Å². The Balaban J connectivity index is 0.000000442. The van der Waals surface area contributed by atoms with E-state index in [2.05, 4.69) is 70.5 Å². The first kappa shape index (κ1) is 62.9. The fraction of sp³-hybridized carbons (Fsp3) is 0.388. The molecule has 1 saturated heterocycles. The first-order valence-corrected chi connectivity index (χ1v) is 22.8. The topological polar surface area (TPSA) is 159 Å². The molecule has 0 bridgehead atoms. The minimum Gasteiger partial charge on any atom is -0.435 e. The van der Waals surface area contributed by atoms with Crippen LogP contribution in [0.3, 0.4) is 0 Å². The van der Waals surface area contributed by atoms with E-state index in [0.717, 1.165) is 16.6 Å². The lowest BCUT2D eigenvalue weighted by Gasteiger charge is -2.32. The van der Waals surface area contributed by atoms with Crippen molar-refractivity contribution in [3.8, 4) is 23.0 Å². The van der Waals surface area contributed by atoms with Crippen LogP contribution in [0.25, 0.3) is 11.1 Å². The lowest BCUT2D eigenvalue weighted by atomic mass is 9.81. The van der Waals surface area contributed by atoms with Crippen LogP contribution < -0.4 is 41.9 Å². The highest BCUT2D eigenvalue weighted by atomic mass is 79.9. The van der Waals surface area contributed by atoms with Crippen LogP contribution in [0.15, 0.2) is 94.8 Å². The van der Waals surface area contributed by atoms with Crippen LogP contribution in [0.5, 0.6) is 23.0 Å². The van der Waals surface area contributed by atoms with Gasteiger partial charge in [-0.1, -0.05) is 46.3 Å². The summed E-state index contributed by atoms with van der Waals surface area (Å²) in [6.45, 7) is 21.5. The highest BCUT2D eigenvalue weighted by Gasteiger charge is 2.51. The Bertz CT molecular complexity index is 2250. The molecule has 0 spiro atoms. The maximum atomic E-state index is 12.2. The smallest absolute Gasteiger partial charge is 0.435 e. The van der Waals surface area contributed by atoms with E-state index in [1.165, 1.54) is 48.5 Å². The molecule has 0 amide bonds. The molecular weight excluding hydrogens is 1060 g/mol. The van der Waals surface area contributed by atoms with E-state index in [-0.39, 0.29) is 53.2 Å². The average Bonchev–Trinajstić information content (AvgIpc) is 3.44. The second-order valence-corrected chi connectivity index (χ2v) is 18.8. The number of rotatable bonds is 13. The van der Waals surface area contributed by atoms with E-state index in [9.17, 15) is 35.1 Å². The third-order valence-electron chi connectivity index (χ3n) is 10.0. The summed E-state index contributed by atoms with van der Waals surface area (Å²) in [4.78, 5) is 0. The zero-order chi connectivity index (χ0) is 54.2. The summed E-state index contributed by atoms with van der Waals surface area (Å²) in [7, 11) is -0.241. The van der Waals surface area contributed by atoms with Gasteiger partial charge in [-0.15, -0.1) is 6.58 Å². The number of hydrogen-bond donors (Lipinski definition) is 4. The van der Waals surface area contributed by atoms with Crippen molar-refractivity contribution in [1.29, 1.82) is 0 Å². The molecule has 0 unspecified atom stereocenters. The van der Waals surface area contributed by atoms with Gasteiger partial charge in [-0.2, -0.15) is 35.1 Å². The molecule has 70 heavy (non-hydrogen) atoms. The number of allylic oxidation sites excluding steroid dienone is 3. The van der Waals surface area contributed by atoms with E-state index in [4.69, 9.17) is 32.2 Å². The van der Waals surface area contributed by atoms with Gasteiger partial charge in [0.25, 0.3) is 0 Å². The van der Waals surface area contributed by atoms with Gasteiger partial charge >= 0.3 is 33.6 Å². The van der Waals surface area contributed by atoms with Gasteiger partial charge in [-0.05, 0) is 175 Å². The molecule has 1 aliphatic heterocycles. The molecule has 388 valence electrons. The number of halogens is 10. The molecule has 4 aromatic carbocycles. The number of nitrogens with two attached hydrogens (primary N) is 4. The van der Waals surface area contributed by atoms with Gasteiger partial charge in [0.2, 0.25) is 0 Å². The van der Waals surface area contributed by atoms with Crippen molar-refractivity contribution in [3.05, 3.63) is 117 Å². The van der Waals surface area contributed by atoms with Crippen molar-refractivity contribution in [3.63, 3.8) is 0 Å². The molecule has 5 rings (SSSR count). The van der Waals surface area contributed by atoms with Crippen LogP contribution in [-0.2, 0) is 9.31 Å². The lowest BCUT2D eigenvalue weighted by molar-refractivity contribution is -0.0506. The summed E-state index contributed by atoms with van der Waals surface area (Å²) in [5.74, 6) is 0.770. The highest BCUT2D eigenvalue weighted by molar-refractivity contribution is 9.11. The monoisotopic (exact) mass is 1120 g/mol. The van der Waals surface area contributed by atoms with Gasteiger partial charge in [0.1, 0.15) is 23.0 Å². The van der Waals surface area contributed by atoms with Gasteiger partial charge in [0.05, 0.1) is 16.9 Å². The van der Waals surface area contributed by atoms with Crippen molar-refractivity contribution in [1.82, 2.24) is 0 Å². The summed E-state index contributed by atoms with van der Waals surface area (Å²) in [6.07, 6.45) is 0. The third-order valence-corrected chi connectivity index (χ3v) is 11.3. The molecule has 4 aromatic rings. The van der Waals surface area contributed by atoms with Crippen molar-refractivity contribution in [2.75, 3.05) is 22.9 Å². The number of benzene rings is 4. The zero-order valence-electron chi connectivity index (χ0n) is 41.0. The Kier molecular flexibility index (Phi) is 25.2. The SMILES string of the molecule is C=C(C)B1OC(C)(C)C(C)(C)O1.C=C(C)c1cc(OC(F)F)cc(C(=C)C)c1N.CC(C)c1cc(OC(F)F)cc(C(C)C)c1N.Nc1c(Br)cc(OC(F)F)cc1Br.Nc1ccc(OC(F)F)cc1. The Morgan fingerprint density at radius 3 is 1.11 bits per heavy atom. The van der Waals surface area contributed by atoms with Crippen LogP contribution in [0.1, 0.15) is 110 Å². The van der Waals surface area contributed by atoms with Gasteiger partial charge in [-0.3, -0.25) is 0 Å². The van der Waals surface area contributed by atoms with Crippen molar-refractivity contribution in [2.45, 2.75) is 126 Å². The Morgan fingerprint density at radius 2 is 0.829 bits per heavy atom. The zero-order valence-corrected chi connectivity index (χ0v) is 44.1. The maximum Gasteiger partial charge on any atom is 0.489 e. The van der Waals surface area contributed by atoms with E-state index in [1.54, 1.807) is 26.0 Å². The molecule has 0 saturated carbocycles. The van der Waals surface area contributed by atoms with Crippen LogP contribution in [0.2, 0.25) is 0 Å². The lowest BCUT2D eigenvalue weighted by Crippen LogP contribution is -2.41. The number of nitrogen functional groups attached to an aromatic ring is 4. The fourth-order valence-corrected chi connectivity index (χ4v) is 6.87. The molecule has 1 aliphatic rings. The minimum atomic E-state index is -2.87. The van der Waals surface area contributed by atoms with Gasteiger partial charge in [0, 0.05) is 37.1 Å². The number of alkyl halides is 8. The average molecular weight is 1130 g/mol. The van der Waals surface area contributed by atoms with Gasteiger partial charge in [0.15, 0.2) is 0 Å². The third kappa shape index (κ3) is 20.7. The molecule has 0 radical (unpaired) electrons. The summed E-state index contributed by atoms with van der Waals surface area (Å²) >= 11 is 6.21. The quantitative estimate of drug-likeness (QED) is 0.0577. The van der Waals surface area contributed by atoms with Crippen molar-refractivity contribution >= 4 is 72.9 Å². The molecule has 0 aliphatic carbocycles. The Labute approximate surface area is 423 Å². The molecule has 21 heteroatoms. The summed E-state index contributed by atoms with van der Waals surface area (Å²) in [5, 5.41) is 0. The molecule has 0 aromatic heterocycles. The largest absolute Gasteiger partial charge is 0.489 e. The molecule has 1 heterocycles. The Hall–Kier alpha value is -5.12. The minimum absolute atomic E-state index is 0.0583. The van der Waals surface area contributed by atoms with E-state index >= 15 is 0 Å². The van der Waals surface area contributed by atoms with Crippen LogP contribution in [-0.4, -0.2) is 44.8 Å². The standard InChI is InChI=1S/C13H19F2NO.C13H15F2NO.C9H17BO2.C7H5Br2F2NO.C7H7F2NO/c2*1-7(2)10-5-9(17-13(14)15)6-11(8(3)4)12(10)16;1-7(2)10-11-8(3,4)9(5,6)12-10;8-4-1-3(13-7(10)11)2-5(9)6(4)12;8-7(9)11-6-3-1-5(10)2-4-6/h5-8,13H,16H2,1-4H3;5-6,13H,1,3,16H2,2,4H3;1H2,2-6H3;1-2,7H,12H2;1-4,7H,10H2. The summed E-state index contributed by atoms with van der Waals surface area (Å²) in [6, 6.07) is 14.6. The highest BCUT2D eigenvalue weighted by Crippen LogP contribution is 2.39. The molecular formula is C49H63BBr2F8N4O6. The maximum absolute atomic E-state index is 12.2.